The van der Waals surface area contributed by atoms with Crippen molar-refractivity contribution in [1.29, 1.82) is 0 Å². The highest BCUT2D eigenvalue weighted by Gasteiger charge is 2.30. The maximum atomic E-state index is 12.7. The molecule has 0 fully saturated rings. The van der Waals surface area contributed by atoms with E-state index in [4.69, 9.17) is 4.74 Å². The van der Waals surface area contributed by atoms with Crippen molar-refractivity contribution in [1.82, 2.24) is 0 Å². The number of aliphatic hydroxyl groups excluding tert-OH is 5. The summed E-state index contributed by atoms with van der Waals surface area (Å²) < 4.78 is 5.67. The third kappa shape index (κ3) is 11.5. The van der Waals surface area contributed by atoms with Crippen molar-refractivity contribution in [2.24, 2.45) is 35.5 Å². The molecule has 7 nitrogen and oxygen atoms in total. The van der Waals surface area contributed by atoms with E-state index in [2.05, 4.69) is 6.58 Å². The number of allylic oxidation sites excluding steroid dienone is 3. The van der Waals surface area contributed by atoms with Gasteiger partial charge < -0.3 is 30.3 Å². The Balaban J connectivity index is 3.33. The zero-order valence-electron chi connectivity index (χ0n) is 24.7. The first-order chi connectivity index (χ1) is 18.2. The van der Waals surface area contributed by atoms with Crippen LogP contribution in [0.4, 0.5) is 0 Å². The van der Waals surface area contributed by atoms with Crippen LogP contribution in [0.5, 0.6) is 0 Å². The van der Waals surface area contributed by atoms with E-state index >= 15 is 0 Å². The minimum atomic E-state index is -0.984. The molecule has 5 N–H and O–H groups in total. The van der Waals surface area contributed by atoms with Crippen LogP contribution in [0.15, 0.2) is 60.8 Å². The molecule has 0 spiro atoms. The Kier molecular flexibility index (Phi) is 15.2. The van der Waals surface area contributed by atoms with Crippen LogP contribution in [0, 0.1) is 35.5 Å². The SMILES string of the molecule is C=C/C=C\C1OC(=O)/C=C\[C@H](C)[C@@H](O)[C@@H](C)[C@@H](O)C[C@H](O)/C=C\[C@H](C)[C@H](O)[C@@H](C)/C=C(/C)C[C@H](C)[C@@H](O)[C@@H]1C. The van der Waals surface area contributed by atoms with Gasteiger partial charge in [-0.1, -0.05) is 90.2 Å². The fourth-order valence-corrected chi connectivity index (χ4v) is 5.13. The van der Waals surface area contributed by atoms with Crippen LogP contribution in [-0.4, -0.2) is 68.1 Å². The molecule has 1 aliphatic rings. The van der Waals surface area contributed by atoms with Gasteiger partial charge in [-0.05, 0) is 25.3 Å². The average Bonchev–Trinajstić information content (AvgIpc) is 2.89. The van der Waals surface area contributed by atoms with Crippen molar-refractivity contribution in [3.05, 3.63) is 60.8 Å². The molecule has 1 unspecified atom stereocenters. The van der Waals surface area contributed by atoms with Gasteiger partial charge in [0.25, 0.3) is 0 Å². The molecule has 12 atom stereocenters. The van der Waals surface area contributed by atoms with E-state index < -0.39 is 60.3 Å². The van der Waals surface area contributed by atoms with E-state index in [-0.39, 0.29) is 24.2 Å². The van der Waals surface area contributed by atoms with Crippen molar-refractivity contribution in [2.45, 2.75) is 97.9 Å². The molecular formula is C32H52O7. The molecule has 0 aromatic rings. The van der Waals surface area contributed by atoms with Crippen LogP contribution in [0.2, 0.25) is 0 Å². The number of hydrogen-bond acceptors (Lipinski definition) is 7. The summed E-state index contributed by atoms with van der Waals surface area (Å²) in [6.07, 6.45) is 8.63. The number of cyclic esters (lactones) is 1. The smallest absolute Gasteiger partial charge is 0.331 e. The Labute approximate surface area is 235 Å². The van der Waals surface area contributed by atoms with Crippen molar-refractivity contribution in [3.8, 4) is 0 Å². The molecule has 7 heteroatoms. The van der Waals surface area contributed by atoms with Crippen molar-refractivity contribution in [2.75, 3.05) is 0 Å². The highest BCUT2D eigenvalue weighted by atomic mass is 16.5. The quantitative estimate of drug-likeness (QED) is 0.200. The Hall–Kier alpha value is -2.03. The second-order valence-corrected chi connectivity index (χ2v) is 11.6. The maximum absolute atomic E-state index is 12.7. The highest BCUT2D eigenvalue weighted by Crippen LogP contribution is 2.27. The number of esters is 1. The molecular weight excluding hydrogens is 496 g/mol. The van der Waals surface area contributed by atoms with Gasteiger partial charge in [0.15, 0.2) is 0 Å². The minimum Gasteiger partial charge on any atom is -0.455 e. The van der Waals surface area contributed by atoms with Gasteiger partial charge in [0.05, 0.1) is 30.5 Å². The molecule has 0 aliphatic carbocycles. The lowest BCUT2D eigenvalue weighted by Gasteiger charge is -2.30. The van der Waals surface area contributed by atoms with Gasteiger partial charge in [-0.15, -0.1) is 0 Å². The first-order valence-electron chi connectivity index (χ1n) is 14.1. The van der Waals surface area contributed by atoms with Crippen LogP contribution >= 0.6 is 0 Å². The molecule has 1 rings (SSSR count). The van der Waals surface area contributed by atoms with Gasteiger partial charge in [0, 0.05) is 42.1 Å². The number of ether oxygens (including phenoxy) is 1. The first-order valence-corrected chi connectivity index (χ1v) is 14.1. The maximum Gasteiger partial charge on any atom is 0.331 e. The molecule has 0 aromatic heterocycles. The van der Waals surface area contributed by atoms with E-state index in [9.17, 15) is 30.3 Å². The molecule has 1 aliphatic heterocycles. The zero-order chi connectivity index (χ0) is 29.9. The van der Waals surface area contributed by atoms with Crippen LogP contribution in [0.1, 0.15) is 61.3 Å². The van der Waals surface area contributed by atoms with Crippen molar-refractivity contribution >= 4 is 5.97 Å². The lowest BCUT2D eigenvalue weighted by molar-refractivity contribution is -0.145. The molecule has 39 heavy (non-hydrogen) atoms. The Morgan fingerprint density at radius 1 is 0.846 bits per heavy atom. The third-order valence-corrected chi connectivity index (χ3v) is 7.94. The second-order valence-electron chi connectivity index (χ2n) is 11.6. The Bertz CT molecular complexity index is 876. The van der Waals surface area contributed by atoms with E-state index in [0.29, 0.717) is 6.42 Å². The molecule has 0 saturated heterocycles. The number of aliphatic hydroxyl groups is 5. The van der Waals surface area contributed by atoms with Gasteiger partial charge in [-0.3, -0.25) is 0 Å². The minimum absolute atomic E-state index is 0.0278. The number of rotatable bonds is 2. The number of carbonyl (C=O) groups is 1. The third-order valence-electron chi connectivity index (χ3n) is 7.94. The van der Waals surface area contributed by atoms with Gasteiger partial charge in [-0.25, -0.2) is 4.79 Å². The highest BCUT2D eigenvalue weighted by molar-refractivity contribution is 5.82. The second kappa shape index (κ2) is 16.9. The van der Waals surface area contributed by atoms with Crippen LogP contribution in [-0.2, 0) is 9.53 Å². The van der Waals surface area contributed by atoms with E-state index in [1.807, 2.05) is 40.7 Å². The normalized spacial score (nSPS) is 43.8. The molecule has 0 amide bonds. The van der Waals surface area contributed by atoms with Crippen molar-refractivity contribution in [3.63, 3.8) is 0 Å². The van der Waals surface area contributed by atoms with Gasteiger partial charge in [0.1, 0.15) is 6.10 Å². The summed E-state index contributed by atoms with van der Waals surface area (Å²) in [4.78, 5) is 12.7. The van der Waals surface area contributed by atoms with Crippen LogP contribution in [0.25, 0.3) is 0 Å². The summed E-state index contributed by atoms with van der Waals surface area (Å²) in [6.45, 7) is 16.6. The summed E-state index contributed by atoms with van der Waals surface area (Å²) in [5, 5.41) is 53.8. The predicted octanol–water partition coefficient (Wildman–Crippen LogP) is 4.11. The van der Waals surface area contributed by atoms with Crippen LogP contribution in [0.3, 0.4) is 0 Å². The summed E-state index contributed by atoms with van der Waals surface area (Å²) in [6, 6.07) is 0. The van der Waals surface area contributed by atoms with Gasteiger partial charge >= 0.3 is 5.97 Å². The Morgan fingerprint density at radius 2 is 1.46 bits per heavy atom. The lowest BCUT2D eigenvalue weighted by atomic mass is 9.84. The predicted molar refractivity (Wildman–Crippen MR) is 156 cm³/mol. The first kappa shape index (κ1) is 35.0. The van der Waals surface area contributed by atoms with Crippen molar-refractivity contribution < 1.29 is 35.1 Å². The molecule has 0 bridgehead atoms. The summed E-state index contributed by atoms with van der Waals surface area (Å²) >= 11 is 0. The summed E-state index contributed by atoms with van der Waals surface area (Å²) in [5.41, 5.74) is 1.03. The summed E-state index contributed by atoms with van der Waals surface area (Å²) in [5.74, 6) is -2.60. The molecule has 1 heterocycles. The fourth-order valence-electron chi connectivity index (χ4n) is 5.13. The molecule has 0 radical (unpaired) electrons. The lowest BCUT2D eigenvalue weighted by Crippen LogP contribution is -2.36. The summed E-state index contributed by atoms with van der Waals surface area (Å²) in [7, 11) is 0. The number of carbonyl (C=O) groups excluding carboxylic acids is 1. The average molecular weight is 549 g/mol. The van der Waals surface area contributed by atoms with Gasteiger partial charge in [0.2, 0.25) is 0 Å². The number of hydrogen-bond donors (Lipinski definition) is 5. The zero-order valence-corrected chi connectivity index (χ0v) is 24.7. The van der Waals surface area contributed by atoms with E-state index in [1.165, 1.54) is 12.2 Å². The fraction of sp³-hybridized carbons (Fsp3) is 0.656. The van der Waals surface area contributed by atoms with E-state index in [0.717, 1.165) is 5.57 Å². The standard InChI is InChI=1S/C32H52O7/c1-9-10-11-28-25(8)32(38)23(6)17-19(2)16-22(5)30(36)20(3)12-14-26(33)18-27(34)24(7)31(37)21(4)13-15-29(35)39-28/h9-16,20-28,30-34,36-38H,1,17-18H2,2-8H3/b11-10-,14-12-,15-13-,19-16-/t20-,21-,22-,23-,24-,25+,26+,27-,28?,30-,31+,32+/m0/s1. The molecule has 0 aromatic carbocycles. The topological polar surface area (TPSA) is 127 Å². The largest absolute Gasteiger partial charge is 0.455 e. The van der Waals surface area contributed by atoms with Crippen LogP contribution < -0.4 is 0 Å². The Morgan fingerprint density at radius 3 is 2.08 bits per heavy atom. The van der Waals surface area contributed by atoms with E-state index in [1.54, 1.807) is 44.2 Å². The molecule has 222 valence electrons. The monoisotopic (exact) mass is 548 g/mol. The molecule has 0 saturated carbocycles. The van der Waals surface area contributed by atoms with Gasteiger partial charge in [-0.2, -0.15) is 0 Å².